The Kier molecular flexibility index (Phi) is 7.80. The van der Waals surface area contributed by atoms with Gasteiger partial charge >= 0.3 is 5.97 Å². The Morgan fingerprint density at radius 2 is 1.88 bits per heavy atom. The molecule has 7 heteroatoms. The highest BCUT2D eigenvalue weighted by Crippen LogP contribution is 2.41. The van der Waals surface area contributed by atoms with E-state index in [1.54, 1.807) is 0 Å². The van der Waals surface area contributed by atoms with Crippen molar-refractivity contribution in [2.24, 2.45) is 11.8 Å². The van der Waals surface area contributed by atoms with E-state index in [0.717, 1.165) is 6.29 Å². The maximum Gasteiger partial charge on any atom is 0.311 e. The van der Waals surface area contributed by atoms with E-state index in [0.29, 0.717) is 6.42 Å². The normalized spacial score (nSPS) is 29.2. The molecular formula is C18H34O6Si. The van der Waals surface area contributed by atoms with E-state index in [4.69, 9.17) is 18.6 Å². The highest BCUT2D eigenvalue weighted by molar-refractivity contribution is 6.74. The van der Waals surface area contributed by atoms with Crippen molar-refractivity contribution in [2.45, 2.75) is 77.5 Å². The van der Waals surface area contributed by atoms with Crippen LogP contribution in [0.2, 0.25) is 18.1 Å². The number of cyclic esters (lactones) is 1. The van der Waals surface area contributed by atoms with Gasteiger partial charge in [0.1, 0.15) is 25.3 Å². The minimum absolute atomic E-state index is 0.0181. The summed E-state index contributed by atoms with van der Waals surface area (Å²) in [5, 5.41) is 0.0518. The molecule has 0 unspecified atom stereocenters. The van der Waals surface area contributed by atoms with Gasteiger partial charge in [-0.2, -0.15) is 0 Å². The Hall–Kier alpha value is -0.763. The maximum absolute atomic E-state index is 12.3. The van der Waals surface area contributed by atoms with E-state index in [-0.39, 0.29) is 35.7 Å². The topological polar surface area (TPSA) is 71.1 Å². The zero-order valence-electron chi connectivity index (χ0n) is 16.8. The van der Waals surface area contributed by atoms with Crippen LogP contribution in [0.25, 0.3) is 0 Å². The number of hydrogen-bond donors (Lipinski definition) is 0. The minimum atomic E-state index is -2.03. The molecular weight excluding hydrogens is 340 g/mol. The van der Waals surface area contributed by atoms with E-state index in [2.05, 4.69) is 33.9 Å². The quantitative estimate of drug-likeness (QED) is 0.281. The van der Waals surface area contributed by atoms with Gasteiger partial charge in [0, 0.05) is 19.4 Å². The first-order valence-corrected chi connectivity index (χ1v) is 11.8. The Morgan fingerprint density at radius 3 is 2.36 bits per heavy atom. The number of methoxy groups -OCH3 is 1. The van der Waals surface area contributed by atoms with Gasteiger partial charge in [-0.05, 0) is 25.1 Å². The Bertz CT molecular complexity index is 459. The van der Waals surface area contributed by atoms with Crippen molar-refractivity contribution in [3.05, 3.63) is 0 Å². The van der Waals surface area contributed by atoms with Crippen LogP contribution >= 0.6 is 0 Å². The second-order valence-electron chi connectivity index (χ2n) is 8.45. The molecule has 0 bridgehead atoms. The molecule has 0 radical (unpaired) electrons. The number of hydrogen-bond acceptors (Lipinski definition) is 6. The lowest BCUT2D eigenvalue weighted by Gasteiger charge is -2.46. The molecule has 0 aromatic rings. The summed E-state index contributed by atoms with van der Waals surface area (Å²) in [7, 11) is -0.537. The molecule has 25 heavy (non-hydrogen) atoms. The zero-order valence-corrected chi connectivity index (χ0v) is 17.8. The van der Waals surface area contributed by atoms with Gasteiger partial charge in [-0.25, -0.2) is 0 Å². The summed E-state index contributed by atoms with van der Waals surface area (Å²) in [5.74, 6) is -0.617. The highest BCUT2D eigenvalue weighted by atomic mass is 28.4. The fraction of sp³-hybridized carbons (Fsp3) is 0.889. The lowest BCUT2D eigenvalue weighted by Crippen LogP contribution is -2.54. The van der Waals surface area contributed by atoms with Crippen LogP contribution in [0.1, 0.15) is 41.0 Å². The molecule has 5 atom stereocenters. The molecule has 1 aliphatic rings. The van der Waals surface area contributed by atoms with Crippen LogP contribution < -0.4 is 0 Å². The molecule has 0 aromatic heterocycles. The standard InChI is InChI=1S/C18H34O6Si/c1-12-15(9-14(10-19)22-11-21-6)23-17(20)13(2)16(12)24-25(7,8)18(3,4)5/h10,12-16H,9,11H2,1-8H3/t12-,13+,14-,15-,16-/m0/s1. The van der Waals surface area contributed by atoms with Gasteiger partial charge in [-0.15, -0.1) is 0 Å². The van der Waals surface area contributed by atoms with Gasteiger partial charge in [0.2, 0.25) is 0 Å². The second kappa shape index (κ2) is 8.75. The summed E-state index contributed by atoms with van der Waals surface area (Å²) < 4.78 is 22.3. The van der Waals surface area contributed by atoms with Gasteiger partial charge in [0.15, 0.2) is 8.32 Å². The predicted octanol–water partition coefficient (Wildman–Crippen LogP) is 3.15. The van der Waals surface area contributed by atoms with Crippen molar-refractivity contribution in [1.82, 2.24) is 0 Å². The molecule has 0 spiro atoms. The SMILES string of the molecule is COCO[C@H](C=O)C[C@@H]1OC(=O)[C@H](C)[C@@H](O[Si](C)(C)C(C)(C)C)[C@H]1C. The molecule has 1 fully saturated rings. The second-order valence-corrected chi connectivity index (χ2v) is 13.2. The third kappa shape index (κ3) is 5.61. The summed E-state index contributed by atoms with van der Waals surface area (Å²) in [5.41, 5.74) is 0. The Labute approximate surface area is 152 Å². The molecule has 0 saturated carbocycles. The van der Waals surface area contributed by atoms with Crippen molar-refractivity contribution in [2.75, 3.05) is 13.9 Å². The first-order chi connectivity index (χ1) is 11.4. The van der Waals surface area contributed by atoms with Gasteiger partial charge < -0.3 is 23.4 Å². The fourth-order valence-corrected chi connectivity index (χ4v) is 4.15. The van der Waals surface area contributed by atoms with Crippen LogP contribution in [0, 0.1) is 11.8 Å². The molecule has 6 nitrogen and oxygen atoms in total. The van der Waals surface area contributed by atoms with E-state index >= 15 is 0 Å². The van der Waals surface area contributed by atoms with Crippen molar-refractivity contribution in [3.63, 3.8) is 0 Å². The summed E-state index contributed by atoms with van der Waals surface area (Å²) in [6.07, 6.45) is -0.264. The molecule has 1 rings (SSSR count). The third-order valence-electron chi connectivity index (χ3n) is 5.49. The molecule has 1 heterocycles. The smallest absolute Gasteiger partial charge is 0.311 e. The highest BCUT2D eigenvalue weighted by Gasteiger charge is 2.48. The molecule has 0 aliphatic carbocycles. The number of rotatable bonds is 8. The average Bonchev–Trinajstić information content (AvgIpc) is 2.51. The molecule has 1 saturated heterocycles. The zero-order chi connectivity index (χ0) is 19.4. The number of aldehydes is 1. The van der Waals surface area contributed by atoms with Crippen LogP contribution in [-0.4, -0.2) is 52.8 Å². The summed E-state index contributed by atoms with van der Waals surface area (Å²) in [6.45, 7) is 14.8. The van der Waals surface area contributed by atoms with Crippen LogP contribution in [0.15, 0.2) is 0 Å². The number of ether oxygens (including phenoxy) is 3. The fourth-order valence-electron chi connectivity index (χ4n) is 2.70. The molecule has 146 valence electrons. The molecule has 0 aromatic carbocycles. The monoisotopic (exact) mass is 374 g/mol. The van der Waals surface area contributed by atoms with Crippen molar-refractivity contribution >= 4 is 20.6 Å². The number of carbonyl (C=O) groups is 2. The number of esters is 1. The van der Waals surface area contributed by atoms with E-state index in [1.807, 2.05) is 13.8 Å². The predicted molar refractivity (Wildman–Crippen MR) is 97.7 cm³/mol. The van der Waals surface area contributed by atoms with Crippen LogP contribution in [0.5, 0.6) is 0 Å². The van der Waals surface area contributed by atoms with Gasteiger partial charge in [0.25, 0.3) is 0 Å². The van der Waals surface area contributed by atoms with E-state index in [1.165, 1.54) is 7.11 Å². The van der Waals surface area contributed by atoms with Gasteiger partial charge in [-0.1, -0.05) is 27.7 Å². The Balaban J connectivity index is 2.91. The summed E-state index contributed by atoms with van der Waals surface area (Å²) in [6, 6.07) is 0. The lowest BCUT2D eigenvalue weighted by molar-refractivity contribution is -0.181. The van der Waals surface area contributed by atoms with Crippen molar-refractivity contribution in [3.8, 4) is 0 Å². The van der Waals surface area contributed by atoms with Gasteiger partial charge in [0.05, 0.1) is 12.0 Å². The van der Waals surface area contributed by atoms with Crippen LogP contribution in [0.4, 0.5) is 0 Å². The van der Waals surface area contributed by atoms with Crippen LogP contribution in [0.3, 0.4) is 0 Å². The van der Waals surface area contributed by atoms with Crippen molar-refractivity contribution in [1.29, 1.82) is 0 Å². The molecule has 1 aliphatic heterocycles. The van der Waals surface area contributed by atoms with E-state index < -0.39 is 20.5 Å². The summed E-state index contributed by atoms with van der Waals surface area (Å²) >= 11 is 0. The lowest BCUT2D eigenvalue weighted by atomic mass is 9.84. The van der Waals surface area contributed by atoms with Gasteiger partial charge in [-0.3, -0.25) is 4.79 Å². The average molecular weight is 375 g/mol. The first kappa shape index (κ1) is 22.3. The van der Waals surface area contributed by atoms with E-state index in [9.17, 15) is 9.59 Å². The first-order valence-electron chi connectivity index (χ1n) is 8.88. The third-order valence-corrected chi connectivity index (χ3v) is 9.96. The minimum Gasteiger partial charge on any atom is -0.462 e. The maximum atomic E-state index is 12.3. The molecule has 0 amide bonds. The largest absolute Gasteiger partial charge is 0.462 e. The molecule has 0 N–H and O–H groups in total. The van der Waals surface area contributed by atoms with Crippen LogP contribution in [-0.2, 0) is 28.2 Å². The summed E-state index contributed by atoms with van der Waals surface area (Å²) in [4.78, 5) is 23.6. The van der Waals surface area contributed by atoms with Crippen molar-refractivity contribution < 1.29 is 28.2 Å². The number of carbonyl (C=O) groups excluding carboxylic acids is 2. The Morgan fingerprint density at radius 1 is 1.28 bits per heavy atom.